The fourth-order valence-electron chi connectivity index (χ4n) is 1.87. The number of aliphatic carboxylic acids is 1. The molecule has 1 N–H and O–H groups in total. The van der Waals surface area contributed by atoms with Gasteiger partial charge in [-0.15, -0.1) is 0 Å². The number of carbonyl (C=O) groups is 1. The first-order chi connectivity index (χ1) is 11.3. The molecule has 1 aromatic carbocycles. The number of methoxy groups -OCH3 is 1. The zero-order chi connectivity index (χ0) is 19.6. The van der Waals surface area contributed by atoms with Crippen LogP contribution in [-0.2, 0) is 10.7 Å². The van der Waals surface area contributed by atoms with Crippen molar-refractivity contribution in [3.05, 3.63) is 35.4 Å². The quantitative estimate of drug-likeness (QED) is 0.564. The van der Waals surface area contributed by atoms with Crippen molar-refractivity contribution in [1.82, 2.24) is 0 Å². The molecule has 3 nitrogen and oxygen atoms in total. The maximum absolute atomic E-state index is 14.3. The Morgan fingerprint density at radius 2 is 1.76 bits per heavy atom. The molecule has 1 atom stereocenters. The molecule has 0 spiro atoms. The lowest BCUT2D eigenvalue weighted by Crippen LogP contribution is -2.56. The van der Waals surface area contributed by atoms with Gasteiger partial charge in [-0.3, -0.25) is 0 Å². The van der Waals surface area contributed by atoms with Crippen molar-refractivity contribution in [2.45, 2.75) is 30.9 Å². The Kier molecular flexibility index (Phi) is 5.76. The van der Waals surface area contributed by atoms with E-state index in [1.807, 2.05) is 0 Å². The predicted molar refractivity (Wildman–Crippen MR) is 74.0 cm³/mol. The number of carboxylic acids is 1. The van der Waals surface area contributed by atoms with Gasteiger partial charge in [-0.2, -0.15) is 26.3 Å². The summed E-state index contributed by atoms with van der Waals surface area (Å²) >= 11 is 0. The smallest absolute Gasteiger partial charge is 0.379 e. The van der Waals surface area contributed by atoms with Gasteiger partial charge in [0.2, 0.25) is 0 Å². The van der Waals surface area contributed by atoms with Gasteiger partial charge in [0, 0.05) is 11.6 Å². The Morgan fingerprint density at radius 3 is 2.20 bits per heavy atom. The average Bonchev–Trinajstić information content (AvgIpc) is 2.51. The van der Waals surface area contributed by atoms with Gasteiger partial charge in [0.15, 0.2) is 6.17 Å². The number of ether oxygens (including phenoxy) is 1. The molecule has 0 aliphatic rings. The molecule has 0 saturated heterocycles. The van der Waals surface area contributed by atoms with Crippen molar-refractivity contribution in [2.24, 2.45) is 0 Å². The minimum Gasteiger partial charge on any atom is -0.497 e. The minimum atomic E-state index is -6.09. The zero-order valence-corrected chi connectivity index (χ0v) is 12.9. The standard InChI is InChI=1S/C15H13F7O3/c1-8(16)13(17,18)15(21,22)14(19,20)11-7-10(25-2)5-3-9(11)4-6-12(23)24/h3-8H,1-2H3,(H,23,24)/b6-4+. The Morgan fingerprint density at radius 1 is 1.20 bits per heavy atom. The monoisotopic (exact) mass is 374 g/mol. The molecule has 0 aliphatic carbocycles. The Balaban J connectivity index is 3.62. The summed E-state index contributed by atoms with van der Waals surface area (Å²) in [4.78, 5) is 10.5. The molecule has 10 heteroatoms. The summed E-state index contributed by atoms with van der Waals surface area (Å²) in [5.74, 6) is -19.2. The largest absolute Gasteiger partial charge is 0.497 e. The highest BCUT2D eigenvalue weighted by Gasteiger charge is 2.74. The zero-order valence-electron chi connectivity index (χ0n) is 12.9. The van der Waals surface area contributed by atoms with E-state index in [0.717, 1.165) is 19.2 Å². The van der Waals surface area contributed by atoms with E-state index in [4.69, 9.17) is 5.11 Å². The molecule has 0 bridgehead atoms. The van der Waals surface area contributed by atoms with Crippen molar-refractivity contribution in [1.29, 1.82) is 0 Å². The van der Waals surface area contributed by atoms with Gasteiger partial charge in [-0.25, -0.2) is 9.18 Å². The van der Waals surface area contributed by atoms with Crippen LogP contribution in [0.4, 0.5) is 30.7 Å². The fourth-order valence-corrected chi connectivity index (χ4v) is 1.87. The van der Waals surface area contributed by atoms with Crippen LogP contribution in [0.5, 0.6) is 5.75 Å². The van der Waals surface area contributed by atoms with Crippen LogP contribution in [0.2, 0.25) is 0 Å². The first-order valence-electron chi connectivity index (χ1n) is 6.66. The maximum Gasteiger partial charge on any atom is 0.379 e. The van der Waals surface area contributed by atoms with Crippen LogP contribution >= 0.6 is 0 Å². The molecule has 0 aliphatic heterocycles. The maximum atomic E-state index is 14.3. The molecule has 1 aromatic rings. The van der Waals surface area contributed by atoms with Gasteiger partial charge >= 0.3 is 23.7 Å². The van der Waals surface area contributed by atoms with Crippen LogP contribution in [0, 0.1) is 0 Å². The summed E-state index contributed by atoms with van der Waals surface area (Å²) in [5, 5.41) is 8.51. The molecule has 1 rings (SSSR count). The van der Waals surface area contributed by atoms with Crippen LogP contribution in [0.3, 0.4) is 0 Å². The topological polar surface area (TPSA) is 46.5 Å². The minimum absolute atomic E-state index is 0.0286. The number of hydrogen-bond donors (Lipinski definition) is 1. The van der Waals surface area contributed by atoms with Gasteiger partial charge in [0.05, 0.1) is 7.11 Å². The SMILES string of the molecule is COc1ccc(/C=C/C(=O)O)c(C(F)(F)C(F)(F)C(F)(F)C(C)F)c1. The lowest BCUT2D eigenvalue weighted by Gasteiger charge is -2.34. The van der Waals surface area contributed by atoms with Crippen molar-refractivity contribution in [3.63, 3.8) is 0 Å². The van der Waals surface area contributed by atoms with Crippen LogP contribution < -0.4 is 4.74 Å². The number of benzene rings is 1. The third-order valence-corrected chi connectivity index (χ3v) is 3.32. The third-order valence-electron chi connectivity index (χ3n) is 3.32. The average molecular weight is 374 g/mol. The Hall–Kier alpha value is -2.26. The van der Waals surface area contributed by atoms with E-state index in [9.17, 15) is 35.5 Å². The van der Waals surface area contributed by atoms with Gasteiger partial charge in [0.1, 0.15) is 5.75 Å². The lowest BCUT2D eigenvalue weighted by atomic mass is 9.91. The van der Waals surface area contributed by atoms with E-state index < -0.39 is 41.0 Å². The normalized spacial score (nSPS) is 14.6. The van der Waals surface area contributed by atoms with Gasteiger partial charge < -0.3 is 9.84 Å². The second-order valence-electron chi connectivity index (χ2n) is 5.01. The number of rotatable bonds is 7. The van der Waals surface area contributed by atoms with Crippen LogP contribution in [-0.4, -0.2) is 36.2 Å². The summed E-state index contributed by atoms with van der Waals surface area (Å²) in [6.07, 6.45) is -2.68. The highest BCUT2D eigenvalue weighted by atomic mass is 19.3. The van der Waals surface area contributed by atoms with E-state index in [1.54, 1.807) is 0 Å². The second kappa shape index (κ2) is 6.93. The number of halogens is 7. The summed E-state index contributed by atoms with van der Waals surface area (Å²) in [5.41, 5.74) is -2.40. The molecule has 0 heterocycles. The third kappa shape index (κ3) is 3.72. The van der Waals surface area contributed by atoms with E-state index in [-0.39, 0.29) is 12.7 Å². The number of alkyl halides is 7. The second-order valence-corrected chi connectivity index (χ2v) is 5.01. The molecule has 25 heavy (non-hydrogen) atoms. The molecule has 0 aromatic heterocycles. The molecule has 1 unspecified atom stereocenters. The molecule has 0 amide bonds. The number of carboxylic acid groups (broad SMARTS) is 1. The van der Waals surface area contributed by atoms with E-state index >= 15 is 0 Å². The Labute approximate surface area is 137 Å². The van der Waals surface area contributed by atoms with Crippen LogP contribution in [0.25, 0.3) is 6.08 Å². The van der Waals surface area contributed by atoms with Crippen molar-refractivity contribution in [2.75, 3.05) is 7.11 Å². The summed E-state index contributed by atoms with van der Waals surface area (Å²) in [6, 6.07) is 2.18. The van der Waals surface area contributed by atoms with Crippen molar-refractivity contribution < 1.29 is 45.4 Å². The van der Waals surface area contributed by atoms with Gasteiger partial charge in [0.25, 0.3) is 0 Å². The number of hydrogen-bond acceptors (Lipinski definition) is 2. The highest BCUT2D eigenvalue weighted by Crippen LogP contribution is 2.54. The predicted octanol–water partition coefficient (Wildman–Crippen LogP) is 4.51. The molecular weight excluding hydrogens is 361 g/mol. The van der Waals surface area contributed by atoms with Crippen LogP contribution in [0.1, 0.15) is 18.1 Å². The lowest BCUT2D eigenvalue weighted by molar-refractivity contribution is -0.328. The summed E-state index contributed by atoms with van der Waals surface area (Å²) in [6.45, 7) is 0.0286. The molecular formula is C15H13F7O3. The molecule has 0 saturated carbocycles. The molecule has 0 fully saturated rings. The van der Waals surface area contributed by atoms with E-state index in [0.29, 0.717) is 18.2 Å². The van der Waals surface area contributed by atoms with Crippen molar-refractivity contribution in [3.8, 4) is 5.75 Å². The highest BCUT2D eigenvalue weighted by molar-refractivity contribution is 5.85. The van der Waals surface area contributed by atoms with Gasteiger partial charge in [-0.05, 0) is 30.7 Å². The Bertz CT molecular complexity index is 669. The van der Waals surface area contributed by atoms with E-state index in [1.165, 1.54) is 0 Å². The van der Waals surface area contributed by atoms with Crippen LogP contribution in [0.15, 0.2) is 24.3 Å². The summed E-state index contributed by atoms with van der Waals surface area (Å²) in [7, 11) is 1.01. The van der Waals surface area contributed by atoms with Crippen molar-refractivity contribution >= 4 is 12.0 Å². The first kappa shape index (κ1) is 20.8. The van der Waals surface area contributed by atoms with E-state index in [2.05, 4.69) is 4.74 Å². The molecule has 0 radical (unpaired) electrons. The fraction of sp³-hybridized carbons (Fsp3) is 0.400. The first-order valence-corrected chi connectivity index (χ1v) is 6.66. The molecule has 140 valence electrons. The summed E-state index contributed by atoms with van der Waals surface area (Å²) < 4.78 is 100. The van der Waals surface area contributed by atoms with Gasteiger partial charge in [-0.1, -0.05) is 6.07 Å².